The van der Waals surface area contributed by atoms with Crippen molar-refractivity contribution >= 4 is 6.21 Å². The molecule has 0 radical (unpaired) electrons. The number of hydrogen-bond donors (Lipinski definition) is 1. The Bertz CT molecular complexity index is 299. The molecule has 0 bridgehead atoms. The highest BCUT2D eigenvalue weighted by atomic mass is 15.3. The standard InChI is InChI=1S/C19H37N3/c1-2-3-4-5-6-7-8-9-10-11-12-13-14-19-21-16-18-22(19)17-15-20/h4-5,16,19H,2-3,6-15,17-18,20H2,1H3/b5-4+. The zero-order valence-corrected chi connectivity index (χ0v) is 14.7. The Hall–Kier alpha value is -0.670. The first kappa shape index (κ1) is 19.4. The highest BCUT2D eigenvalue weighted by Gasteiger charge is 2.19. The number of nitrogens with zero attached hydrogens (tertiary/aromatic N) is 2. The Labute approximate surface area is 138 Å². The van der Waals surface area contributed by atoms with Crippen LogP contribution in [0.1, 0.15) is 77.6 Å². The predicted octanol–water partition coefficient (Wildman–Crippen LogP) is 4.52. The summed E-state index contributed by atoms with van der Waals surface area (Å²) in [4.78, 5) is 6.96. The summed E-state index contributed by atoms with van der Waals surface area (Å²) in [6, 6.07) is 0. The van der Waals surface area contributed by atoms with E-state index in [0.717, 1.165) is 19.6 Å². The zero-order chi connectivity index (χ0) is 15.9. The summed E-state index contributed by atoms with van der Waals surface area (Å²) in [6.07, 6.45) is 21.8. The van der Waals surface area contributed by atoms with Crippen LogP contribution in [0.3, 0.4) is 0 Å². The van der Waals surface area contributed by atoms with Gasteiger partial charge in [0.05, 0.1) is 0 Å². The van der Waals surface area contributed by atoms with Crippen molar-refractivity contribution in [1.82, 2.24) is 4.90 Å². The average molecular weight is 308 g/mol. The van der Waals surface area contributed by atoms with E-state index >= 15 is 0 Å². The quantitative estimate of drug-likeness (QED) is 0.378. The van der Waals surface area contributed by atoms with Crippen LogP contribution in [0.2, 0.25) is 0 Å². The maximum Gasteiger partial charge on any atom is 0.102 e. The molecule has 1 aliphatic rings. The fraction of sp³-hybridized carbons (Fsp3) is 0.842. The molecule has 0 aromatic carbocycles. The van der Waals surface area contributed by atoms with Gasteiger partial charge in [0.25, 0.3) is 0 Å². The van der Waals surface area contributed by atoms with Gasteiger partial charge in [0.15, 0.2) is 0 Å². The fourth-order valence-corrected chi connectivity index (χ4v) is 3.03. The molecule has 1 aliphatic heterocycles. The van der Waals surface area contributed by atoms with Crippen molar-refractivity contribution in [3.63, 3.8) is 0 Å². The Balaban J connectivity index is 1.84. The summed E-state index contributed by atoms with van der Waals surface area (Å²) in [5, 5.41) is 0. The second kappa shape index (κ2) is 14.0. The largest absolute Gasteiger partial charge is 0.329 e. The van der Waals surface area contributed by atoms with E-state index in [-0.39, 0.29) is 0 Å². The van der Waals surface area contributed by atoms with Crippen LogP contribution >= 0.6 is 0 Å². The number of rotatable bonds is 14. The molecule has 0 aromatic heterocycles. The van der Waals surface area contributed by atoms with Crippen molar-refractivity contribution in [2.24, 2.45) is 10.7 Å². The predicted molar refractivity (Wildman–Crippen MR) is 98.5 cm³/mol. The molecule has 1 rings (SSSR count). The summed E-state index contributed by atoms with van der Waals surface area (Å²) in [5.74, 6) is 0. The molecular formula is C19H37N3. The van der Waals surface area contributed by atoms with Crippen LogP contribution in [0.4, 0.5) is 0 Å². The molecule has 0 aliphatic carbocycles. The van der Waals surface area contributed by atoms with Crippen LogP contribution in [-0.2, 0) is 0 Å². The van der Waals surface area contributed by atoms with Gasteiger partial charge in [0.2, 0.25) is 0 Å². The van der Waals surface area contributed by atoms with Gasteiger partial charge >= 0.3 is 0 Å². The molecule has 22 heavy (non-hydrogen) atoms. The van der Waals surface area contributed by atoms with Crippen LogP contribution in [0.15, 0.2) is 17.1 Å². The lowest BCUT2D eigenvalue weighted by atomic mass is 10.1. The molecule has 1 unspecified atom stereocenters. The van der Waals surface area contributed by atoms with Gasteiger partial charge in [-0.15, -0.1) is 0 Å². The van der Waals surface area contributed by atoms with E-state index in [1.165, 1.54) is 70.6 Å². The number of aliphatic imine (C=N–C) groups is 1. The lowest BCUT2D eigenvalue weighted by molar-refractivity contribution is 0.241. The van der Waals surface area contributed by atoms with Crippen LogP contribution in [0.25, 0.3) is 0 Å². The van der Waals surface area contributed by atoms with Gasteiger partial charge in [-0.1, -0.05) is 57.6 Å². The smallest absolute Gasteiger partial charge is 0.102 e. The SMILES string of the molecule is CCC/C=C/CCCCCCCCCC1N=CCN1CCN. The van der Waals surface area contributed by atoms with E-state index in [4.69, 9.17) is 5.73 Å². The molecule has 3 nitrogen and oxygen atoms in total. The minimum atomic E-state index is 0.415. The van der Waals surface area contributed by atoms with Crippen LogP contribution in [0.5, 0.6) is 0 Å². The van der Waals surface area contributed by atoms with Crippen molar-refractivity contribution in [2.75, 3.05) is 19.6 Å². The maximum absolute atomic E-state index is 5.64. The second-order valence-electron chi connectivity index (χ2n) is 6.41. The third kappa shape index (κ3) is 9.37. The molecule has 128 valence electrons. The van der Waals surface area contributed by atoms with Gasteiger partial charge in [0.1, 0.15) is 6.17 Å². The fourth-order valence-electron chi connectivity index (χ4n) is 3.03. The first-order valence-electron chi connectivity index (χ1n) is 9.49. The van der Waals surface area contributed by atoms with Crippen molar-refractivity contribution in [3.8, 4) is 0 Å². The first-order chi connectivity index (χ1) is 10.9. The molecular weight excluding hydrogens is 270 g/mol. The number of allylic oxidation sites excluding steroid dienone is 2. The van der Waals surface area contributed by atoms with E-state index in [9.17, 15) is 0 Å². The molecule has 2 N–H and O–H groups in total. The Morgan fingerprint density at radius 1 is 1.05 bits per heavy atom. The lowest BCUT2D eigenvalue weighted by Crippen LogP contribution is -2.34. The summed E-state index contributed by atoms with van der Waals surface area (Å²) in [5.41, 5.74) is 5.64. The zero-order valence-electron chi connectivity index (χ0n) is 14.7. The van der Waals surface area contributed by atoms with Gasteiger partial charge in [-0.25, -0.2) is 0 Å². The third-order valence-electron chi connectivity index (χ3n) is 4.39. The van der Waals surface area contributed by atoms with Crippen molar-refractivity contribution < 1.29 is 0 Å². The monoisotopic (exact) mass is 307 g/mol. The highest BCUT2D eigenvalue weighted by Crippen LogP contribution is 2.16. The number of unbranched alkanes of at least 4 members (excludes halogenated alkanes) is 8. The summed E-state index contributed by atoms with van der Waals surface area (Å²) in [7, 11) is 0. The van der Waals surface area contributed by atoms with Gasteiger partial charge in [-0.3, -0.25) is 9.89 Å². The van der Waals surface area contributed by atoms with Gasteiger partial charge < -0.3 is 5.73 Å². The second-order valence-corrected chi connectivity index (χ2v) is 6.41. The van der Waals surface area contributed by atoms with E-state index < -0.39 is 0 Å². The van der Waals surface area contributed by atoms with E-state index in [1.54, 1.807) is 0 Å². The van der Waals surface area contributed by atoms with Crippen molar-refractivity contribution in [1.29, 1.82) is 0 Å². The van der Waals surface area contributed by atoms with Crippen LogP contribution in [0, 0.1) is 0 Å². The topological polar surface area (TPSA) is 41.6 Å². The Kier molecular flexibility index (Phi) is 12.3. The molecule has 0 amide bonds. The third-order valence-corrected chi connectivity index (χ3v) is 4.39. The van der Waals surface area contributed by atoms with Crippen LogP contribution in [-0.4, -0.2) is 36.9 Å². The number of hydrogen-bond acceptors (Lipinski definition) is 3. The first-order valence-corrected chi connectivity index (χ1v) is 9.49. The molecule has 0 saturated carbocycles. The summed E-state index contributed by atoms with van der Waals surface area (Å²) < 4.78 is 0. The maximum atomic E-state index is 5.64. The van der Waals surface area contributed by atoms with Crippen molar-refractivity contribution in [3.05, 3.63) is 12.2 Å². The van der Waals surface area contributed by atoms with Crippen molar-refractivity contribution in [2.45, 2.75) is 83.7 Å². The summed E-state index contributed by atoms with van der Waals surface area (Å²) in [6.45, 7) is 4.96. The van der Waals surface area contributed by atoms with Gasteiger partial charge in [-0.2, -0.15) is 0 Å². The van der Waals surface area contributed by atoms with E-state index in [2.05, 4.69) is 35.2 Å². The van der Waals surface area contributed by atoms with Gasteiger partial charge in [0, 0.05) is 25.8 Å². The Morgan fingerprint density at radius 3 is 2.45 bits per heavy atom. The van der Waals surface area contributed by atoms with Gasteiger partial charge in [-0.05, 0) is 32.1 Å². The highest BCUT2D eigenvalue weighted by molar-refractivity contribution is 5.62. The molecule has 0 saturated heterocycles. The molecule has 3 heteroatoms. The molecule has 0 fully saturated rings. The molecule has 1 atom stereocenters. The Morgan fingerprint density at radius 2 is 1.73 bits per heavy atom. The minimum absolute atomic E-state index is 0.415. The van der Waals surface area contributed by atoms with E-state index in [0.29, 0.717) is 6.17 Å². The molecule has 0 aromatic rings. The lowest BCUT2D eigenvalue weighted by Gasteiger charge is -2.21. The minimum Gasteiger partial charge on any atom is -0.329 e. The number of nitrogens with two attached hydrogens (primary N) is 1. The normalized spacial score (nSPS) is 18.7. The molecule has 0 spiro atoms. The summed E-state index contributed by atoms with van der Waals surface area (Å²) >= 11 is 0. The average Bonchev–Trinajstić information content (AvgIpc) is 2.96. The molecule has 1 heterocycles. The van der Waals surface area contributed by atoms with Crippen LogP contribution < -0.4 is 5.73 Å². The van der Waals surface area contributed by atoms with E-state index in [1.807, 2.05) is 0 Å².